The van der Waals surface area contributed by atoms with Crippen molar-refractivity contribution in [2.45, 2.75) is 43.2 Å². The fourth-order valence-corrected chi connectivity index (χ4v) is 3.47. The molecule has 1 aromatic rings. The van der Waals surface area contributed by atoms with E-state index in [0.717, 1.165) is 24.8 Å². The van der Waals surface area contributed by atoms with Gasteiger partial charge in [0.2, 0.25) is 10.0 Å². The van der Waals surface area contributed by atoms with Gasteiger partial charge in [0.15, 0.2) is 0 Å². The average molecular weight is 268 g/mol. The minimum atomic E-state index is -3.35. The van der Waals surface area contributed by atoms with E-state index < -0.39 is 10.0 Å². The van der Waals surface area contributed by atoms with Gasteiger partial charge < -0.3 is 5.73 Å². The van der Waals surface area contributed by atoms with E-state index in [0.29, 0.717) is 4.90 Å². The predicted molar refractivity (Wildman–Crippen MR) is 71.6 cm³/mol. The Bertz CT molecular complexity index is 504. The Kier molecular flexibility index (Phi) is 3.75. The van der Waals surface area contributed by atoms with E-state index in [1.165, 1.54) is 4.31 Å². The van der Waals surface area contributed by atoms with Gasteiger partial charge in [-0.15, -0.1) is 0 Å². The molecule has 1 aliphatic carbocycles. The second-order valence-electron chi connectivity index (χ2n) is 4.96. The Hall–Kier alpha value is -0.910. The second kappa shape index (κ2) is 4.99. The molecule has 0 spiro atoms. The minimum absolute atomic E-state index is 0.0777. The first-order valence-corrected chi connectivity index (χ1v) is 7.70. The zero-order valence-corrected chi connectivity index (χ0v) is 11.7. The quantitative estimate of drug-likeness (QED) is 0.907. The van der Waals surface area contributed by atoms with Crippen molar-refractivity contribution in [3.63, 3.8) is 0 Å². The van der Waals surface area contributed by atoms with Crippen LogP contribution in [0.4, 0.5) is 0 Å². The highest BCUT2D eigenvalue weighted by atomic mass is 32.2. The van der Waals surface area contributed by atoms with Gasteiger partial charge in [-0.25, -0.2) is 8.42 Å². The van der Waals surface area contributed by atoms with Crippen LogP contribution in [0.5, 0.6) is 0 Å². The molecule has 0 heterocycles. The zero-order valence-electron chi connectivity index (χ0n) is 10.8. The molecule has 1 aliphatic rings. The van der Waals surface area contributed by atoms with Gasteiger partial charge in [-0.2, -0.15) is 4.31 Å². The lowest BCUT2D eigenvalue weighted by molar-refractivity contribution is 0.249. The third-order valence-corrected chi connectivity index (χ3v) is 5.60. The Morgan fingerprint density at radius 1 is 1.28 bits per heavy atom. The highest BCUT2D eigenvalue weighted by molar-refractivity contribution is 7.89. The highest BCUT2D eigenvalue weighted by Gasteiger charge is 2.31. The molecule has 1 saturated carbocycles. The summed E-state index contributed by atoms with van der Waals surface area (Å²) in [7, 11) is -1.68. The van der Waals surface area contributed by atoms with Crippen LogP contribution in [-0.2, 0) is 10.0 Å². The van der Waals surface area contributed by atoms with Crippen molar-refractivity contribution < 1.29 is 8.42 Å². The van der Waals surface area contributed by atoms with E-state index >= 15 is 0 Å². The lowest BCUT2D eigenvalue weighted by atomic mass is 9.94. The van der Waals surface area contributed by atoms with Gasteiger partial charge in [0.05, 0.1) is 4.90 Å². The summed E-state index contributed by atoms with van der Waals surface area (Å²) in [5.74, 6) is 0. The molecule has 0 bridgehead atoms. The third kappa shape index (κ3) is 2.43. The number of sulfonamides is 1. The van der Waals surface area contributed by atoms with Crippen LogP contribution in [0.15, 0.2) is 29.2 Å². The third-order valence-electron chi connectivity index (χ3n) is 3.67. The molecule has 0 aromatic heterocycles. The summed E-state index contributed by atoms with van der Waals surface area (Å²) in [6.45, 7) is 1.88. The van der Waals surface area contributed by atoms with Gasteiger partial charge in [-0.3, -0.25) is 0 Å². The fraction of sp³-hybridized carbons (Fsp3) is 0.538. The maximum atomic E-state index is 12.3. The van der Waals surface area contributed by atoms with Gasteiger partial charge in [0, 0.05) is 19.1 Å². The van der Waals surface area contributed by atoms with E-state index in [2.05, 4.69) is 0 Å². The maximum absolute atomic E-state index is 12.3. The van der Waals surface area contributed by atoms with Crippen LogP contribution in [0, 0.1) is 0 Å². The number of benzene rings is 1. The number of rotatable bonds is 4. The molecule has 2 N–H and O–H groups in total. The average Bonchev–Trinajstić information content (AvgIpc) is 2.26. The Morgan fingerprint density at radius 2 is 1.83 bits per heavy atom. The van der Waals surface area contributed by atoms with Crippen molar-refractivity contribution in [2.24, 2.45) is 5.73 Å². The lowest BCUT2D eigenvalue weighted by Crippen LogP contribution is -2.41. The summed E-state index contributed by atoms with van der Waals surface area (Å²) in [4.78, 5) is 0.348. The lowest BCUT2D eigenvalue weighted by Gasteiger charge is -2.33. The molecule has 4 nitrogen and oxygen atoms in total. The van der Waals surface area contributed by atoms with E-state index in [4.69, 9.17) is 5.73 Å². The van der Waals surface area contributed by atoms with Crippen molar-refractivity contribution >= 4 is 10.0 Å². The number of hydrogen-bond donors (Lipinski definition) is 1. The monoisotopic (exact) mass is 268 g/mol. The summed E-state index contributed by atoms with van der Waals surface area (Å²) >= 11 is 0. The zero-order chi connectivity index (χ0) is 13.3. The van der Waals surface area contributed by atoms with Crippen molar-refractivity contribution in [2.75, 3.05) is 7.05 Å². The molecule has 0 saturated heterocycles. The standard InChI is InChI=1S/C13H20N2O2S/c1-10(14)11-6-8-13(9-7-11)18(16,17)15(2)12-4-3-5-12/h6-10,12H,3-5,14H2,1-2H3. The maximum Gasteiger partial charge on any atom is 0.243 e. The second-order valence-corrected chi connectivity index (χ2v) is 6.96. The normalized spacial score (nSPS) is 18.7. The van der Waals surface area contributed by atoms with Crippen LogP contribution in [0.2, 0.25) is 0 Å². The van der Waals surface area contributed by atoms with Crippen LogP contribution in [0.3, 0.4) is 0 Å². The Balaban J connectivity index is 2.23. The van der Waals surface area contributed by atoms with E-state index in [-0.39, 0.29) is 12.1 Å². The van der Waals surface area contributed by atoms with Crippen molar-refractivity contribution in [3.8, 4) is 0 Å². The SMILES string of the molecule is CC(N)c1ccc(S(=O)(=O)N(C)C2CCC2)cc1. The first-order valence-electron chi connectivity index (χ1n) is 6.26. The van der Waals surface area contributed by atoms with Gasteiger partial charge in [0.25, 0.3) is 0 Å². The van der Waals surface area contributed by atoms with Crippen LogP contribution in [0.25, 0.3) is 0 Å². The largest absolute Gasteiger partial charge is 0.324 e. The number of nitrogens with zero attached hydrogens (tertiary/aromatic N) is 1. The Labute approximate surface area is 109 Å². The summed E-state index contributed by atoms with van der Waals surface area (Å²) in [5.41, 5.74) is 6.70. The summed E-state index contributed by atoms with van der Waals surface area (Å²) < 4.78 is 26.2. The molecular formula is C13H20N2O2S. The van der Waals surface area contributed by atoms with Crippen molar-refractivity contribution in [1.82, 2.24) is 4.31 Å². The first kappa shape index (κ1) is 13.5. The molecule has 1 aromatic carbocycles. The molecule has 18 heavy (non-hydrogen) atoms. The van der Waals surface area contributed by atoms with Crippen LogP contribution >= 0.6 is 0 Å². The number of nitrogens with two attached hydrogens (primary N) is 1. The molecule has 1 atom stereocenters. The Morgan fingerprint density at radius 3 is 2.22 bits per heavy atom. The van der Waals surface area contributed by atoms with Gasteiger partial charge in [-0.05, 0) is 37.5 Å². The summed E-state index contributed by atoms with van der Waals surface area (Å²) in [6.07, 6.45) is 3.05. The van der Waals surface area contributed by atoms with E-state index in [9.17, 15) is 8.42 Å². The molecule has 0 radical (unpaired) electrons. The minimum Gasteiger partial charge on any atom is -0.324 e. The van der Waals surface area contributed by atoms with Gasteiger partial charge >= 0.3 is 0 Å². The van der Waals surface area contributed by atoms with Gasteiger partial charge in [-0.1, -0.05) is 18.6 Å². The molecule has 100 valence electrons. The fourth-order valence-electron chi connectivity index (χ4n) is 2.06. The molecular weight excluding hydrogens is 248 g/mol. The van der Waals surface area contributed by atoms with Crippen LogP contribution in [-0.4, -0.2) is 25.8 Å². The van der Waals surface area contributed by atoms with E-state index in [1.54, 1.807) is 31.3 Å². The smallest absolute Gasteiger partial charge is 0.243 e. The summed E-state index contributed by atoms with van der Waals surface area (Å²) in [5, 5.41) is 0. The summed E-state index contributed by atoms with van der Waals surface area (Å²) in [6, 6.07) is 6.94. The van der Waals surface area contributed by atoms with Gasteiger partial charge in [0.1, 0.15) is 0 Å². The molecule has 0 aliphatic heterocycles. The van der Waals surface area contributed by atoms with Crippen LogP contribution < -0.4 is 5.73 Å². The van der Waals surface area contributed by atoms with E-state index in [1.807, 2.05) is 6.92 Å². The predicted octanol–water partition coefficient (Wildman–Crippen LogP) is 1.88. The highest BCUT2D eigenvalue weighted by Crippen LogP contribution is 2.28. The topological polar surface area (TPSA) is 63.4 Å². The molecule has 1 unspecified atom stereocenters. The first-order chi connectivity index (χ1) is 8.43. The molecule has 0 amide bonds. The number of hydrogen-bond acceptors (Lipinski definition) is 3. The van der Waals surface area contributed by atoms with Crippen LogP contribution in [0.1, 0.15) is 37.8 Å². The molecule has 2 rings (SSSR count). The molecule has 5 heteroatoms. The van der Waals surface area contributed by atoms with Crippen molar-refractivity contribution in [3.05, 3.63) is 29.8 Å². The van der Waals surface area contributed by atoms with Crippen molar-refractivity contribution in [1.29, 1.82) is 0 Å². The molecule has 1 fully saturated rings.